The molecule has 0 spiro atoms. The largest absolute Gasteiger partial charge is 0.453 e. The van der Waals surface area contributed by atoms with Gasteiger partial charge in [0.1, 0.15) is 35.7 Å². The summed E-state index contributed by atoms with van der Waals surface area (Å²) in [5.41, 5.74) is -0.510. The summed E-state index contributed by atoms with van der Waals surface area (Å²) < 4.78 is 64.4. The van der Waals surface area contributed by atoms with Gasteiger partial charge in [-0.2, -0.15) is 18.0 Å². The predicted molar refractivity (Wildman–Crippen MR) is 170 cm³/mol. The van der Waals surface area contributed by atoms with Crippen molar-refractivity contribution in [3.8, 4) is 23.3 Å². The number of aromatic nitrogens is 4. The van der Waals surface area contributed by atoms with Gasteiger partial charge in [-0.3, -0.25) is 19.0 Å². The minimum atomic E-state index is -4.21. The smallest absolute Gasteiger partial charge is 0.301 e. The molecule has 3 aliphatic rings. The molecule has 13 nitrogen and oxygen atoms in total. The number of hydrogen-bond donors (Lipinski definition) is 2. The second-order valence-electron chi connectivity index (χ2n) is 11.5. The van der Waals surface area contributed by atoms with E-state index in [1.165, 1.54) is 29.1 Å². The number of nitrogens with zero attached hydrogens (tertiary/aromatic N) is 7. The molecule has 17 heteroatoms. The van der Waals surface area contributed by atoms with E-state index in [1.54, 1.807) is 18.5 Å². The molecule has 47 heavy (non-hydrogen) atoms. The lowest BCUT2D eigenvalue weighted by atomic mass is 10.1. The quantitative estimate of drug-likeness (QED) is 0.283. The average Bonchev–Trinajstić information content (AvgIpc) is 3.76. The third-order valence-corrected chi connectivity index (χ3v) is 10.1. The number of halogens is 3. The fourth-order valence-electron chi connectivity index (χ4n) is 6.01. The molecule has 1 unspecified atom stereocenters. The summed E-state index contributed by atoms with van der Waals surface area (Å²) in [6.07, 6.45) is 5.28. The molecule has 7 rings (SSSR count). The molecule has 2 saturated heterocycles. The van der Waals surface area contributed by atoms with Crippen LogP contribution in [0.1, 0.15) is 30.7 Å². The topological polar surface area (TPSA) is 158 Å². The number of benzene rings is 2. The Morgan fingerprint density at radius 3 is 2.49 bits per heavy atom. The number of hydrogen-bond acceptors (Lipinski definition) is 10. The van der Waals surface area contributed by atoms with E-state index in [9.17, 15) is 27.3 Å². The fourth-order valence-corrected chi connectivity index (χ4v) is 7.29. The third-order valence-electron chi connectivity index (χ3n) is 8.62. The van der Waals surface area contributed by atoms with Crippen molar-refractivity contribution in [1.29, 1.82) is 5.26 Å². The highest BCUT2D eigenvalue weighted by Crippen LogP contribution is 2.49. The van der Waals surface area contributed by atoms with Crippen molar-refractivity contribution in [2.75, 3.05) is 44.0 Å². The number of alkyl halides is 1. The molecule has 246 valence electrons. The molecule has 2 aliphatic heterocycles. The first-order valence-corrected chi connectivity index (χ1v) is 16.2. The number of rotatable bonds is 8. The van der Waals surface area contributed by atoms with Gasteiger partial charge in [-0.25, -0.2) is 23.7 Å². The van der Waals surface area contributed by atoms with Gasteiger partial charge in [-0.15, -0.1) is 12.4 Å². The Hall–Kier alpha value is -4.27. The van der Waals surface area contributed by atoms with Gasteiger partial charge in [0.05, 0.1) is 40.2 Å². The Morgan fingerprint density at radius 1 is 1.09 bits per heavy atom. The van der Waals surface area contributed by atoms with E-state index < -0.39 is 39.1 Å². The number of fused-ring (bicyclic) bond motifs is 1. The summed E-state index contributed by atoms with van der Waals surface area (Å²) in [4.78, 5) is 29.6. The first kappa shape index (κ1) is 32.7. The van der Waals surface area contributed by atoms with Gasteiger partial charge in [0, 0.05) is 39.3 Å². The third kappa shape index (κ3) is 6.12. The maximum Gasteiger partial charge on any atom is 0.301 e. The van der Waals surface area contributed by atoms with Crippen LogP contribution in [0.3, 0.4) is 0 Å². The average molecular weight is 686 g/mol. The van der Waals surface area contributed by atoms with Gasteiger partial charge in [0.2, 0.25) is 0 Å². The Labute approximate surface area is 274 Å². The highest BCUT2D eigenvalue weighted by atomic mass is 35.5. The lowest BCUT2D eigenvalue weighted by molar-refractivity contribution is 0.147. The van der Waals surface area contributed by atoms with Crippen molar-refractivity contribution in [2.24, 2.45) is 0 Å². The van der Waals surface area contributed by atoms with Crippen LogP contribution in [0, 0.1) is 17.1 Å². The van der Waals surface area contributed by atoms with E-state index >= 15 is 0 Å². The van der Waals surface area contributed by atoms with Crippen molar-refractivity contribution in [3.63, 3.8) is 0 Å². The predicted octanol–water partition coefficient (Wildman–Crippen LogP) is 3.00. The molecule has 2 N–H and O–H groups in total. The Balaban J connectivity index is 0.00000386. The van der Waals surface area contributed by atoms with Crippen molar-refractivity contribution < 1.29 is 21.9 Å². The van der Waals surface area contributed by atoms with Crippen molar-refractivity contribution in [1.82, 2.24) is 34.0 Å². The maximum absolute atomic E-state index is 15.0. The van der Waals surface area contributed by atoms with Gasteiger partial charge in [0.15, 0.2) is 11.6 Å². The number of nitrogens with one attached hydrogen (secondary N) is 2. The zero-order valence-corrected chi connectivity index (χ0v) is 26.5. The minimum Gasteiger partial charge on any atom is -0.453 e. The van der Waals surface area contributed by atoms with Crippen LogP contribution in [0.2, 0.25) is 0 Å². The molecule has 2 aromatic carbocycles. The second-order valence-corrected chi connectivity index (χ2v) is 13.2. The van der Waals surface area contributed by atoms with Crippen LogP contribution in [-0.4, -0.2) is 82.6 Å². The van der Waals surface area contributed by atoms with Gasteiger partial charge in [-0.1, -0.05) is 0 Å². The van der Waals surface area contributed by atoms with E-state index in [2.05, 4.69) is 29.9 Å². The van der Waals surface area contributed by atoms with Crippen LogP contribution >= 0.6 is 12.4 Å². The van der Waals surface area contributed by atoms with Gasteiger partial charge in [0.25, 0.3) is 5.56 Å². The zero-order chi connectivity index (χ0) is 32.1. The van der Waals surface area contributed by atoms with E-state index in [0.717, 1.165) is 61.3 Å². The van der Waals surface area contributed by atoms with Crippen molar-refractivity contribution >= 4 is 39.2 Å². The van der Waals surface area contributed by atoms with Crippen LogP contribution in [0.4, 0.5) is 14.5 Å². The lowest BCUT2D eigenvalue weighted by Crippen LogP contribution is -2.49. The molecule has 0 bridgehead atoms. The molecule has 1 saturated carbocycles. The van der Waals surface area contributed by atoms with Crippen LogP contribution in [0.25, 0.3) is 16.6 Å². The minimum absolute atomic E-state index is 0. The first-order valence-electron chi connectivity index (χ1n) is 14.8. The standard InChI is InChI=1S/C30H29F2N9O4S.ClH/c31-19-5-10-40(17-19)46(43,44)38-26-4-2-24(32)27(23(26)14-33)45-21-1-3-25-22(13-21)28(42)41(18-37-25)20-15-35-29(36-16-20)30(6-7-30)39-11-8-34-9-12-39;/h1-4,13,15-16,18-19,34,38H,5-12,17H2;1H. The van der Waals surface area contributed by atoms with E-state index in [0.29, 0.717) is 11.2 Å². The SMILES string of the molecule is Cl.N#Cc1c(NS(=O)(=O)N2CCC(F)C2)ccc(F)c1Oc1ccc2ncn(-c3cnc(C4(N5CCNCC5)CC4)nc3)c(=O)c2c1. The van der Waals surface area contributed by atoms with E-state index in [1.807, 2.05) is 0 Å². The van der Waals surface area contributed by atoms with Crippen LogP contribution in [-0.2, 0) is 15.7 Å². The van der Waals surface area contributed by atoms with Crippen molar-refractivity contribution in [2.45, 2.75) is 31.0 Å². The molecule has 1 aliphatic carbocycles. The van der Waals surface area contributed by atoms with Gasteiger partial charge in [-0.05, 0) is 49.6 Å². The lowest BCUT2D eigenvalue weighted by Gasteiger charge is -2.34. The normalized spacial score (nSPS) is 19.6. The summed E-state index contributed by atoms with van der Waals surface area (Å²) in [6, 6.07) is 8.15. The summed E-state index contributed by atoms with van der Waals surface area (Å²) in [6.45, 7) is 3.32. The van der Waals surface area contributed by atoms with Gasteiger partial charge >= 0.3 is 10.2 Å². The fraction of sp³-hybridized carbons (Fsp3) is 0.367. The summed E-state index contributed by atoms with van der Waals surface area (Å²) in [7, 11) is -4.21. The molecule has 4 aromatic rings. The highest BCUT2D eigenvalue weighted by molar-refractivity contribution is 7.90. The summed E-state index contributed by atoms with van der Waals surface area (Å²) in [5, 5.41) is 13.4. The molecule has 1 atom stereocenters. The van der Waals surface area contributed by atoms with Crippen LogP contribution < -0.4 is 20.3 Å². The Kier molecular flexibility index (Phi) is 8.85. The molecular weight excluding hydrogens is 656 g/mol. The molecule has 0 amide bonds. The molecular formula is C30H30ClF2N9O4S. The summed E-state index contributed by atoms with van der Waals surface area (Å²) in [5.74, 6) is -0.738. The number of ether oxygens (including phenoxy) is 1. The summed E-state index contributed by atoms with van der Waals surface area (Å²) >= 11 is 0. The van der Waals surface area contributed by atoms with E-state index in [-0.39, 0.29) is 54.3 Å². The molecule has 2 aromatic heterocycles. The number of piperazine rings is 1. The van der Waals surface area contributed by atoms with Crippen LogP contribution in [0.5, 0.6) is 11.5 Å². The van der Waals surface area contributed by atoms with E-state index in [4.69, 9.17) is 4.74 Å². The van der Waals surface area contributed by atoms with Crippen molar-refractivity contribution in [3.05, 3.63) is 76.6 Å². The maximum atomic E-state index is 15.0. The zero-order valence-electron chi connectivity index (χ0n) is 24.9. The van der Waals surface area contributed by atoms with Crippen LogP contribution in [0.15, 0.2) is 53.8 Å². The first-order chi connectivity index (χ1) is 22.2. The number of nitriles is 1. The number of anilines is 1. The molecule has 0 radical (unpaired) electrons. The Bertz CT molecular complexity index is 2030. The highest BCUT2D eigenvalue weighted by Gasteiger charge is 2.52. The molecule has 4 heterocycles. The molecule has 3 fully saturated rings. The van der Waals surface area contributed by atoms with Gasteiger partial charge < -0.3 is 10.1 Å². The second kappa shape index (κ2) is 12.7. The Morgan fingerprint density at radius 2 is 1.83 bits per heavy atom. The monoisotopic (exact) mass is 685 g/mol.